The molecule has 1 aromatic rings. The molecule has 120 valence electrons. The summed E-state index contributed by atoms with van der Waals surface area (Å²) in [6.45, 7) is 4.77. The van der Waals surface area contributed by atoms with Gasteiger partial charge in [0.15, 0.2) is 0 Å². The lowest BCUT2D eigenvalue weighted by atomic mass is 10.2. The minimum Gasteiger partial charge on any atom is -0.465 e. The number of nitrogens with zero attached hydrogens (tertiary/aromatic N) is 2. The Balaban J connectivity index is 2.59. The van der Waals surface area contributed by atoms with Gasteiger partial charge in [0, 0.05) is 12.7 Å². The summed E-state index contributed by atoms with van der Waals surface area (Å²) >= 11 is 0. The van der Waals surface area contributed by atoms with Gasteiger partial charge in [-0.25, -0.2) is 0 Å². The van der Waals surface area contributed by atoms with E-state index in [1.807, 2.05) is 6.92 Å². The largest absolute Gasteiger partial charge is 0.465 e. The molecule has 0 radical (unpaired) electrons. The Hall–Kier alpha value is -1.57. The second-order valence-electron chi connectivity index (χ2n) is 4.54. The molecule has 0 aliphatic heterocycles. The summed E-state index contributed by atoms with van der Waals surface area (Å²) in [5.41, 5.74) is -0.795. The summed E-state index contributed by atoms with van der Waals surface area (Å²) in [4.78, 5) is 11.7. The van der Waals surface area contributed by atoms with E-state index in [4.69, 9.17) is 4.74 Å². The standard InChI is InChI=1S/C13H20F3N3O2/c1-3-6-17-11(12(20)21-4-2)5-7-19-9-10(8-18-19)13(14,15)16/h8-9,11,17H,3-7H2,1-2H3. The first kappa shape index (κ1) is 17.5. The highest BCUT2D eigenvalue weighted by molar-refractivity contribution is 5.75. The number of hydrogen-bond acceptors (Lipinski definition) is 4. The molecule has 1 atom stereocenters. The summed E-state index contributed by atoms with van der Waals surface area (Å²) in [5, 5.41) is 6.68. The molecule has 1 aromatic heterocycles. The summed E-state index contributed by atoms with van der Waals surface area (Å²) in [5.74, 6) is -0.394. The van der Waals surface area contributed by atoms with E-state index in [1.165, 1.54) is 4.68 Å². The highest BCUT2D eigenvalue weighted by Gasteiger charge is 2.32. The van der Waals surface area contributed by atoms with Gasteiger partial charge in [0.2, 0.25) is 0 Å². The van der Waals surface area contributed by atoms with Gasteiger partial charge in [-0.05, 0) is 26.3 Å². The number of rotatable bonds is 8. The average molecular weight is 307 g/mol. The first-order valence-electron chi connectivity index (χ1n) is 6.88. The zero-order chi connectivity index (χ0) is 15.9. The third kappa shape index (κ3) is 5.74. The van der Waals surface area contributed by atoms with Crippen molar-refractivity contribution in [3.63, 3.8) is 0 Å². The van der Waals surface area contributed by atoms with E-state index in [-0.39, 0.29) is 13.2 Å². The van der Waals surface area contributed by atoms with Crippen LogP contribution in [0.4, 0.5) is 13.2 Å². The molecular weight excluding hydrogens is 287 g/mol. The maximum atomic E-state index is 12.5. The highest BCUT2D eigenvalue weighted by atomic mass is 19.4. The molecule has 0 bridgehead atoms. The first-order chi connectivity index (χ1) is 9.88. The van der Waals surface area contributed by atoms with Crippen molar-refractivity contribution >= 4 is 5.97 Å². The van der Waals surface area contributed by atoms with Gasteiger partial charge in [-0.2, -0.15) is 18.3 Å². The van der Waals surface area contributed by atoms with Crippen molar-refractivity contribution in [2.75, 3.05) is 13.2 Å². The predicted octanol–water partition coefficient (Wildman–Crippen LogP) is 2.22. The molecule has 5 nitrogen and oxygen atoms in total. The van der Waals surface area contributed by atoms with Crippen LogP contribution in [0.25, 0.3) is 0 Å². The number of ether oxygens (including phenoxy) is 1. The third-order valence-electron chi connectivity index (χ3n) is 2.82. The number of nitrogens with one attached hydrogen (secondary N) is 1. The van der Waals surface area contributed by atoms with Crippen molar-refractivity contribution in [3.8, 4) is 0 Å². The van der Waals surface area contributed by atoms with Gasteiger partial charge < -0.3 is 10.1 Å². The van der Waals surface area contributed by atoms with E-state index in [9.17, 15) is 18.0 Å². The number of alkyl halides is 3. The van der Waals surface area contributed by atoms with Crippen LogP contribution in [0.5, 0.6) is 0 Å². The lowest BCUT2D eigenvalue weighted by Gasteiger charge is -2.16. The molecule has 1 heterocycles. The molecule has 0 saturated carbocycles. The fraction of sp³-hybridized carbons (Fsp3) is 0.692. The highest BCUT2D eigenvalue weighted by Crippen LogP contribution is 2.28. The number of aromatic nitrogens is 2. The number of halogens is 3. The molecule has 1 unspecified atom stereocenters. The number of aryl methyl sites for hydroxylation is 1. The quantitative estimate of drug-likeness (QED) is 0.748. The van der Waals surface area contributed by atoms with Gasteiger partial charge in [0.25, 0.3) is 0 Å². The molecule has 0 saturated heterocycles. The number of carbonyl (C=O) groups excluding carboxylic acids is 1. The summed E-state index contributed by atoms with van der Waals surface area (Å²) in [6.07, 6.45) is -1.53. The Morgan fingerprint density at radius 2 is 2.19 bits per heavy atom. The lowest BCUT2D eigenvalue weighted by Crippen LogP contribution is -2.39. The fourth-order valence-corrected chi connectivity index (χ4v) is 1.76. The maximum Gasteiger partial charge on any atom is 0.419 e. The monoisotopic (exact) mass is 307 g/mol. The third-order valence-corrected chi connectivity index (χ3v) is 2.82. The molecule has 21 heavy (non-hydrogen) atoms. The van der Waals surface area contributed by atoms with Crippen LogP contribution in [-0.2, 0) is 22.3 Å². The molecule has 0 aliphatic carbocycles. The van der Waals surface area contributed by atoms with E-state index >= 15 is 0 Å². The zero-order valence-electron chi connectivity index (χ0n) is 12.1. The molecule has 0 aliphatic rings. The number of hydrogen-bond donors (Lipinski definition) is 1. The van der Waals surface area contributed by atoms with E-state index in [1.54, 1.807) is 6.92 Å². The van der Waals surface area contributed by atoms with Crippen LogP contribution in [0.2, 0.25) is 0 Å². The number of carbonyl (C=O) groups is 1. The van der Waals surface area contributed by atoms with Crippen molar-refractivity contribution < 1.29 is 22.7 Å². The number of esters is 1. The van der Waals surface area contributed by atoms with E-state index in [0.717, 1.165) is 18.8 Å². The Bertz CT molecular complexity index is 446. The van der Waals surface area contributed by atoms with Crippen molar-refractivity contribution in [2.45, 2.75) is 45.5 Å². The molecule has 0 aromatic carbocycles. The zero-order valence-corrected chi connectivity index (χ0v) is 12.1. The summed E-state index contributed by atoms with van der Waals surface area (Å²) in [7, 11) is 0. The Morgan fingerprint density at radius 3 is 2.71 bits per heavy atom. The van der Waals surface area contributed by atoms with Gasteiger partial charge in [0.1, 0.15) is 6.04 Å². The normalized spacial score (nSPS) is 13.2. The average Bonchev–Trinajstić information content (AvgIpc) is 2.88. The van der Waals surface area contributed by atoms with Gasteiger partial charge in [0.05, 0.1) is 18.4 Å². The van der Waals surface area contributed by atoms with Gasteiger partial charge in [-0.3, -0.25) is 9.48 Å². The topological polar surface area (TPSA) is 56.2 Å². The molecule has 1 rings (SSSR count). The van der Waals surface area contributed by atoms with Crippen molar-refractivity contribution in [1.82, 2.24) is 15.1 Å². The van der Waals surface area contributed by atoms with Crippen LogP contribution >= 0.6 is 0 Å². The van der Waals surface area contributed by atoms with Gasteiger partial charge in [-0.1, -0.05) is 6.92 Å². The molecule has 0 fully saturated rings. The minimum absolute atomic E-state index is 0.205. The minimum atomic E-state index is -4.40. The Kier molecular flexibility index (Phi) is 6.67. The van der Waals surface area contributed by atoms with Crippen molar-refractivity contribution in [1.29, 1.82) is 0 Å². The second-order valence-corrected chi connectivity index (χ2v) is 4.54. The van der Waals surface area contributed by atoms with Crippen LogP contribution in [-0.4, -0.2) is 34.9 Å². The Labute approximate surface area is 121 Å². The Morgan fingerprint density at radius 1 is 1.48 bits per heavy atom. The van der Waals surface area contributed by atoms with E-state index in [2.05, 4.69) is 10.4 Å². The van der Waals surface area contributed by atoms with Crippen LogP contribution in [0.1, 0.15) is 32.3 Å². The van der Waals surface area contributed by atoms with Crippen molar-refractivity contribution in [3.05, 3.63) is 18.0 Å². The lowest BCUT2D eigenvalue weighted by molar-refractivity contribution is -0.146. The SMILES string of the molecule is CCCNC(CCn1cc(C(F)(F)F)cn1)C(=O)OCC. The molecule has 0 amide bonds. The van der Waals surface area contributed by atoms with Gasteiger partial charge >= 0.3 is 12.1 Å². The summed E-state index contributed by atoms with van der Waals surface area (Å²) in [6, 6.07) is -0.538. The van der Waals surface area contributed by atoms with Crippen LogP contribution in [0, 0.1) is 0 Å². The summed E-state index contributed by atoms with van der Waals surface area (Å²) < 4.78 is 43.5. The molecule has 1 N–H and O–H groups in total. The molecular formula is C13H20F3N3O2. The van der Waals surface area contributed by atoms with Crippen LogP contribution in [0.3, 0.4) is 0 Å². The first-order valence-corrected chi connectivity index (χ1v) is 6.88. The predicted molar refractivity (Wildman–Crippen MR) is 70.6 cm³/mol. The van der Waals surface area contributed by atoms with Crippen LogP contribution in [0.15, 0.2) is 12.4 Å². The van der Waals surface area contributed by atoms with E-state index in [0.29, 0.717) is 13.0 Å². The van der Waals surface area contributed by atoms with Crippen LogP contribution < -0.4 is 5.32 Å². The molecule has 8 heteroatoms. The maximum absolute atomic E-state index is 12.5. The van der Waals surface area contributed by atoms with Crippen molar-refractivity contribution in [2.24, 2.45) is 0 Å². The smallest absolute Gasteiger partial charge is 0.419 e. The second kappa shape index (κ2) is 8.02. The molecule has 0 spiro atoms. The van der Waals surface area contributed by atoms with Gasteiger partial charge in [-0.15, -0.1) is 0 Å². The fourth-order valence-electron chi connectivity index (χ4n) is 1.76. The van der Waals surface area contributed by atoms with E-state index < -0.39 is 23.8 Å².